The first kappa shape index (κ1) is 13.9. The van der Waals surface area contributed by atoms with Crippen molar-refractivity contribution in [3.63, 3.8) is 0 Å². The Morgan fingerprint density at radius 2 is 1.50 bits per heavy atom. The number of anilines is 2. The second-order valence-corrected chi connectivity index (χ2v) is 5.03. The molecule has 0 aliphatic carbocycles. The monoisotopic (exact) mass is 291 g/mol. The summed E-state index contributed by atoms with van der Waals surface area (Å²) in [5.41, 5.74) is 1.68. The van der Waals surface area contributed by atoms with Gasteiger partial charge in [0.15, 0.2) is 5.78 Å². The molecule has 3 aromatic carbocycles. The number of carbonyl (C=O) groups excluding carboxylic acids is 1. The lowest BCUT2D eigenvalue weighted by Crippen LogP contribution is -2.35. The van der Waals surface area contributed by atoms with Gasteiger partial charge >= 0.3 is 0 Å². The van der Waals surface area contributed by atoms with Gasteiger partial charge in [0.1, 0.15) is 5.69 Å². The molecule has 0 spiro atoms. The summed E-state index contributed by atoms with van der Waals surface area (Å²) in [5, 5.41) is 2.97. The van der Waals surface area contributed by atoms with E-state index in [9.17, 15) is 14.4 Å². The Morgan fingerprint density at radius 1 is 0.864 bits per heavy atom. The fourth-order valence-electron chi connectivity index (χ4n) is 2.32. The topological polar surface area (TPSA) is 63.2 Å². The maximum Gasteiger partial charge on any atom is 0.250 e. The minimum atomic E-state index is -0.519. The number of nitrogens with one attached hydrogen (secondary N) is 1. The third-order valence-corrected chi connectivity index (χ3v) is 3.53. The predicted octanol–water partition coefficient (Wildman–Crippen LogP) is 2.90. The van der Waals surface area contributed by atoms with Crippen LogP contribution in [0.3, 0.4) is 0 Å². The van der Waals surface area contributed by atoms with E-state index in [1.807, 2.05) is 18.2 Å². The van der Waals surface area contributed by atoms with E-state index < -0.39 is 10.9 Å². The van der Waals surface area contributed by atoms with Crippen molar-refractivity contribution in [2.24, 2.45) is 0 Å². The van der Waals surface area contributed by atoms with Crippen LogP contribution in [0.15, 0.2) is 64.2 Å². The molecule has 0 saturated heterocycles. The number of rotatable bonds is 4. The van der Waals surface area contributed by atoms with Crippen molar-refractivity contribution in [1.82, 2.24) is 0 Å². The molecule has 0 bridgehead atoms. The first-order chi connectivity index (χ1) is 10.6. The Balaban J connectivity index is 1.94. The zero-order valence-corrected chi connectivity index (χ0v) is 11.9. The number of hydrogen-bond acceptors (Lipinski definition) is 4. The van der Waals surface area contributed by atoms with Gasteiger partial charge in [-0.1, -0.05) is 30.3 Å². The first-order valence-electron chi connectivity index (χ1n) is 6.84. The molecular weight excluding hydrogens is 278 g/mol. The van der Waals surface area contributed by atoms with Gasteiger partial charge in [-0.3, -0.25) is 14.4 Å². The number of ketones is 1. The van der Waals surface area contributed by atoms with Gasteiger partial charge in [0.05, 0.1) is 5.56 Å². The summed E-state index contributed by atoms with van der Waals surface area (Å²) in [6.07, 6.45) is 0. The van der Waals surface area contributed by atoms with Crippen LogP contribution in [0.2, 0.25) is 0 Å². The molecule has 0 unspecified atom stereocenters. The lowest BCUT2D eigenvalue weighted by molar-refractivity contribution is 0.101. The summed E-state index contributed by atoms with van der Waals surface area (Å²) < 4.78 is 0. The Labute approximate surface area is 126 Å². The van der Waals surface area contributed by atoms with Crippen LogP contribution >= 0.6 is 0 Å². The van der Waals surface area contributed by atoms with Crippen LogP contribution in [0.25, 0.3) is 11.1 Å². The van der Waals surface area contributed by atoms with Crippen molar-refractivity contribution in [2.45, 2.75) is 6.92 Å². The van der Waals surface area contributed by atoms with Crippen molar-refractivity contribution in [2.75, 3.05) is 5.32 Å². The molecule has 3 aromatic rings. The van der Waals surface area contributed by atoms with Gasteiger partial charge in [0, 0.05) is 11.3 Å². The molecule has 0 heterocycles. The third-order valence-electron chi connectivity index (χ3n) is 3.53. The fourth-order valence-corrected chi connectivity index (χ4v) is 2.32. The number of hydrogen-bond donors (Lipinski definition) is 1. The van der Waals surface area contributed by atoms with Crippen LogP contribution in [-0.4, -0.2) is 5.78 Å². The van der Waals surface area contributed by atoms with Gasteiger partial charge in [0.25, 0.3) is 5.43 Å². The summed E-state index contributed by atoms with van der Waals surface area (Å²) in [6.45, 7) is 1.49. The van der Waals surface area contributed by atoms with E-state index in [4.69, 9.17) is 0 Å². The Morgan fingerprint density at radius 3 is 2.09 bits per heavy atom. The lowest BCUT2D eigenvalue weighted by Gasteiger charge is -2.13. The van der Waals surface area contributed by atoms with Crippen LogP contribution < -0.4 is 16.2 Å². The van der Waals surface area contributed by atoms with Crippen LogP contribution in [0.4, 0.5) is 11.4 Å². The molecule has 3 rings (SSSR count). The Hall–Kier alpha value is -3.01. The van der Waals surface area contributed by atoms with Crippen LogP contribution in [-0.2, 0) is 0 Å². The SMILES string of the molecule is CC(=O)c1ccc(Nc2c(-c3ccccc3)c(=O)c2=O)cc1. The van der Waals surface area contributed by atoms with Crippen LogP contribution in [0.1, 0.15) is 17.3 Å². The van der Waals surface area contributed by atoms with E-state index in [-0.39, 0.29) is 5.78 Å². The molecule has 0 saturated carbocycles. The summed E-state index contributed by atoms with van der Waals surface area (Å²) in [4.78, 5) is 34.9. The van der Waals surface area contributed by atoms with E-state index in [0.29, 0.717) is 22.5 Å². The van der Waals surface area contributed by atoms with E-state index in [0.717, 1.165) is 5.56 Å². The van der Waals surface area contributed by atoms with Gasteiger partial charge in [-0.05, 0) is 36.8 Å². The maximum atomic E-state index is 11.8. The highest BCUT2D eigenvalue weighted by Gasteiger charge is 2.22. The predicted molar refractivity (Wildman–Crippen MR) is 86.5 cm³/mol. The van der Waals surface area contributed by atoms with Gasteiger partial charge in [-0.15, -0.1) is 0 Å². The molecule has 0 aliphatic rings. The molecule has 0 aliphatic heterocycles. The fraction of sp³-hybridized carbons (Fsp3) is 0.0556. The Bertz CT molecular complexity index is 902. The van der Waals surface area contributed by atoms with E-state index in [1.54, 1.807) is 36.4 Å². The standard InChI is InChI=1S/C18H13NO3/c1-11(20)12-7-9-14(10-8-12)19-16-15(17(21)18(16)22)13-5-3-2-4-6-13/h2-10,19H,1H3. The normalized spacial score (nSPS) is 10.6. The molecule has 4 nitrogen and oxygen atoms in total. The van der Waals surface area contributed by atoms with Gasteiger partial charge in [0.2, 0.25) is 5.43 Å². The van der Waals surface area contributed by atoms with Gasteiger partial charge < -0.3 is 5.32 Å². The van der Waals surface area contributed by atoms with E-state index in [2.05, 4.69) is 5.32 Å². The van der Waals surface area contributed by atoms with Crippen LogP contribution in [0.5, 0.6) is 0 Å². The Kier molecular flexibility index (Phi) is 3.43. The molecule has 108 valence electrons. The van der Waals surface area contributed by atoms with E-state index in [1.165, 1.54) is 6.92 Å². The summed E-state index contributed by atoms with van der Waals surface area (Å²) in [6, 6.07) is 15.8. The van der Waals surface area contributed by atoms with Crippen molar-refractivity contribution in [3.05, 3.63) is 80.6 Å². The van der Waals surface area contributed by atoms with Crippen molar-refractivity contribution in [1.29, 1.82) is 0 Å². The maximum absolute atomic E-state index is 11.8. The summed E-state index contributed by atoms with van der Waals surface area (Å²) in [7, 11) is 0. The van der Waals surface area contributed by atoms with E-state index >= 15 is 0 Å². The largest absolute Gasteiger partial charge is 0.352 e. The minimum Gasteiger partial charge on any atom is -0.352 e. The summed E-state index contributed by atoms with van der Waals surface area (Å²) >= 11 is 0. The molecule has 0 atom stereocenters. The van der Waals surface area contributed by atoms with Crippen molar-refractivity contribution in [3.8, 4) is 11.1 Å². The third kappa shape index (κ3) is 2.35. The molecule has 1 N–H and O–H groups in total. The number of Topliss-reactive ketones (excluding diaryl/α,β-unsaturated/α-hetero) is 1. The van der Waals surface area contributed by atoms with Crippen molar-refractivity contribution < 1.29 is 4.79 Å². The highest BCUT2D eigenvalue weighted by Crippen LogP contribution is 2.26. The highest BCUT2D eigenvalue weighted by atomic mass is 16.2. The highest BCUT2D eigenvalue weighted by molar-refractivity contribution is 5.94. The molecule has 0 radical (unpaired) electrons. The average molecular weight is 291 g/mol. The quantitative estimate of drug-likeness (QED) is 0.593. The minimum absolute atomic E-state index is 0.0226. The second-order valence-electron chi connectivity index (χ2n) is 5.03. The molecular formula is C18H13NO3. The van der Waals surface area contributed by atoms with Gasteiger partial charge in [-0.25, -0.2) is 0 Å². The smallest absolute Gasteiger partial charge is 0.250 e. The molecule has 0 amide bonds. The van der Waals surface area contributed by atoms with Crippen molar-refractivity contribution >= 4 is 17.2 Å². The summed E-state index contributed by atoms with van der Waals surface area (Å²) in [5.74, 6) is -0.0226. The average Bonchev–Trinajstić information content (AvgIpc) is 2.55. The molecule has 0 fully saturated rings. The zero-order valence-electron chi connectivity index (χ0n) is 11.9. The number of benzene rings is 2. The molecule has 22 heavy (non-hydrogen) atoms. The lowest BCUT2D eigenvalue weighted by atomic mass is 9.98. The second kappa shape index (κ2) is 5.41. The number of carbonyl (C=O) groups is 1. The van der Waals surface area contributed by atoms with Crippen LogP contribution in [0, 0.1) is 0 Å². The zero-order chi connectivity index (χ0) is 15.7. The molecule has 4 heteroatoms. The first-order valence-corrected chi connectivity index (χ1v) is 6.84. The van der Waals surface area contributed by atoms with Gasteiger partial charge in [-0.2, -0.15) is 0 Å². The molecule has 0 aromatic heterocycles.